The fraction of sp³-hybridized carbons (Fsp3) is 0.333. The van der Waals surface area contributed by atoms with Crippen LogP contribution in [-0.2, 0) is 0 Å². The maximum Gasteiger partial charge on any atom is 0.129 e. The lowest BCUT2D eigenvalue weighted by Gasteiger charge is -2.33. The lowest BCUT2D eigenvalue weighted by molar-refractivity contribution is 0.415. The second kappa shape index (κ2) is 5.91. The fourth-order valence-corrected chi connectivity index (χ4v) is 3.32. The van der Waals surface area contributed by atoms with Crippen molar-refractivity contribution in [2.45, 2.75) is 18.8 Å². The highest BCUT2D eigenvalue weighted by molar-refractivity contribution is 5.81. The summed E-state index contributed by atoms with van der Waals surface area (Å²) in [6.45, 7) is 2.03. The summed E-state index contributed by atoms with van der Waals surface area (Å²) in [5, 5.41) is 8.33. The third kappa shape index (κ3) is 2.74. The first-order chi connectivity index (χ1) is 11.3. The minimum atomic E-state index is 0.494. The summed E-state index contributed by atoms with van der Waals surface area (Å²) in [6.07, 6.45) is 4.19. The number of hydrogen-bond acceptors (Lipinski definition) is 4. The van der Waals surface area contributed by atoms with Crippen LogP contribution in [0.15, 0.2) is 42.6 Å². The summed E-state index contributed by atoms with van der Waals surface area (Å²) in [4.78, 5) is 7.21. The molecule has 0 radical (unpaired) electrons. The number of aromatic amines is 1. The molecule has 0 spiro atoms. The Bertz CT molecular complexity index is 800. The standard InChI is InChI=1S/C18H20N4O/c1-23-15-6-4-13-5-7-18(20-17(13)11-15)22-10-2-3-14(12-22)16-8-9-19-21-16/h4-9,11,14H,2-3,10,12H2,1H3,(H,19,21). The van der Waals surface area contributed by atoms with Gasteiger partial charge in [0, 0.05) is 42.4 Å². The minimum Gasteiger partial charge on any atom is -0.497 e. The molecule has 0 bridgehead atoms. The lowest BCUT2D eigenvalue weighted by Crippen LogP contribution is -2.35. The van der Waals surface area contributed by atoms with Crippen molar-refractivity contribution in [2.24, 2.45) is 0 Å². The summed E-state index contributed by atoms with van der Waals surface area (Å²) in [7, 11) is 1.69. The largest absolute Gasteiger partial charge is 0.497 e. The molecular formula is C18H20N4O. The Morgan fingerprint density at radius 1 is 1.22 bits per heavy atom. The molecule has 118 valence electrons. The molecular weight excluding hydrogens is 288 g/mol. The Morgan fingerprint density at radius 2 is 2.13 bits per heavy atom. The molecule has 1 N–H and O–H groups in total. The lowest BCUT2D eigenvalue weighted by atomic mass is 9.95. The van der Waals surface area contributed by atoms with Crippen LogP contribution in [0.2, 0.25) is 0 Å². The van der Waals surface area contributed by atoms with Crippen LogP contribution >= 0.6 is 0 Å². The number of nitrogens with zero attached hydrogens (tertiary/aromatic N) is 3. The third-order valence-corrected chi connectivity index (χ3v) is 4.59. The molecule has 1 saturated heterocycles. The molecule has 23 heavy (non-hydrogen) atoms. The van der Waals surface area contributed by atoms with E-state index in [1.807, 2.05) is 18.3 Å². The number of fused-ring (bicyclic) bond motifs is 1. The molecule has 5 nitrogen and oxygen atoms in total. The smallest absolute Gasteiger partial charge is 0.129 e. The number of aromatic nitrogens is 3. The van der Waals surface area contributed by atoms with E-state index in [9.17, 15) is 0 Å². The van der Waals surface area contributed by atoms with Crippen molar-refractivity contribution in [2.75, 3.05) is 25.1 Å². The summed E-state index contributed by atoms with van der Waals surface area (Å²) >= 11 is 0. The van der Waals surface area contributed by atoms with Crippen molar-refractivity contribution >= 4 is 16.7 Å². The molecule has 1 atom stereocenters. The number of pyridine rings is 1. The Labute approximate surface area is 135 Å². The highest BCUT2D eigenvalue weighted by Crippen LogP contribution is 2.29. The van der Waals surface area contributed by atoms with E-state index in [0.29, 0.717) is 5.92 Å². The van der Waals surface area contributed by atoms with Gasteiger partial charge in [-0.25, -0.2) is 4.98 Å². The van der Waals surface area contributed by atoms with E-state index >= 15 is 0 Å². The average molecular weight is 308 g/mol. The van der Waals surface area contributed by atoms with E-state index in [0.717, 1.165) is 35.6 Å². The normalized spacial score (nSPS) is 18.3. The first-order valence-corrected chi connectivity index (χ1v) is 8.02. The molecule has 3 heterocycles. The molecule has 1 aliphatic heterocycles. The van der Waals surface area contributed by atoms with Gasteiger partial charge in [0.1, 0.15) is 11.6 Å². The first-order valence-electron chi connectivity index (χ1n) is 8.02. The number of H-pyrrole nitrogens is 1. The summed E-state index contributed by atoms with van der Waals surface area (Å²) in [6, 6.07) is 12.3. The predicted molar refractivity (Wildman–Crippen MR) is 91.1 cm³/mol. The van der Waals surface area contributed by atoms with E-state index in [-0.39, 0.29) is 0 Å². The van der Waals surface area contributed by atoms with Crippen molar-refractivity contribution in [3.05, 3.63) is 48.3 Å². The van der Waals surface area contributed by atoms with E-state index in [4.69, 9.17) is 9.72 Å². The van der Waals surface area contributed by atoms with Crippen LogP contribution < -0.4 is 9.64 Å². The molecule has 1 aliphatic rings. The molecule has 0 aliphatic carbocycles. The van der Waals surface area contributed by atoms with Crippen molar-refractivity contribution in [1.82, 2.24) is 15.2 Å². The minimum absolute atomic E-state index is 0.494. The number of piperidine rings is 1. The number of nitrogens with one attached hydrogen (secondary N) is 1. The van der Waals surface area contributed by atoms with Crippen LogP contribution in [0.1, 0.15) is 24.5 Å². The zero-order chi connectivity index (χ0) is 15.6. The molecule has 1 unspecified atom stereocenters. The van der Waals surface area contributed by atoms with E-state index in [1.54, 1.807) is 7.11 Å². The third-order valence-electron chi connectivity index (χ3n) is 4.59. The topological polar surface area (TPSA) is 54.0 Å². The van der Waals surface area contributed by atoms with E-state index in [2.05, 4.69) is 39.4 Å². The van der Waals surface area contributed by atoms with Crippen LogP contribution in [0.4, 0.5) is 5.82 Å². The van der Waals surface area contributed by atoms with Crippen LogP contribution in [0.3, 0.4) is 0 Å². The van der Waals surface area contributed by atoms with Crippen LogP contribution in [0.25, 0.3) is 10.9 Å². The molecule has 0 amide bonds. The number of benzene rings is 1. The van der Waals surface area contributed by atoms with Crippen molar-refractivity contribution in [3.63, 3.8) is 0 Å². The van der Waals surface area contributed by atoms with Gasteiger partial charge in [-0.3, -0.25) is 5.10 Å². The molecule has 2 aromatic heterocycles. The predicted octanol–water partition coefficient (Wildman–Crippen LogP) is 3.35. The fourth-order valence-electron chi connectivity index (χ4n) is 3.32. The number of rotatable bonds is 3. The zero-order valence-electron chi connectivity index (χ0n) is 13.2. The quantitative estimate of drug-likeness (QED) is 0.806. The highest BCUT2D eigenvalue weighted by atomic mass is 16.5. The van der Waals surface area contributed by atoms with Gasteiger partial charge in [-0.15, -0.1) is 0 Å². The number of hydrogen-bond donors (Lipinski definition) is 1. The molecule has 1 fully saturated rings. The number of anilines is 1. The second-order valence-corrected chi connectivity index (χ2v) is 6.03. The van der Waals surface area contributed by atoms with E-state index < -0.39 is 0 Å². The van der Waals surface area contributed by atoms with Gasteiger partial charge in [-0.2, -0.15) is 5.10 Å². The molecule has 0 saturated carbocycles. The van der Waals surface area contributed by atoms with Crippen molar-refractivity contribution in [1.29, 1.82) is 0 Å². The SMILES string of the molecule is COc1ccc2ccc(N3CCCC(c4ccn[nH]4)C3)nc2c1. The van der Waals surface area contributed by atoms with Crippen LogP contribution in [-0.4, -0.2) is 35.4 Å². The van der Waals surface area contributed by atoms with Crippen molar-refractivity contribution in [3.8, 4) is 5.75 Å². The first kappa shape index (κ1) is 14.1. The molecule has 3 aromatic rings. The van der Waals surface area contributed by atoms with Gasteiger partial charge >= 0.3 is 0 Å². The summed E-state index contributed by atoms with van der Waals surface area (Å²) in [5.41, 5.74) is 2.20. The van der Waals surface area contributed by atoms with Gasteiger partial charge in [-0.1, -0.05) is 0 Å². The summed E-state index contributed by atoms with van der Waals surface area (Å²) in [5.74, 6) is 2.38. The monoisotopic (exact) mass is 308 g/mol. The van der Waals surface area contributed by atoms with Gasteiger partial charge in [0.2, 0.25) is 0 Å². The Morgan fingerprint density at radius 3 is 2.96 bits per heavy atom. The maximum atomic E-state index is 5.31. The molecule has 1 aromatic carbocycles. The van der Waals surface area contributed by atoms with E-state index in [1.165, 1.54) is 18.5 Å². The number of methoxy groups -OCH3 is 1. The summed E-state index contributed by atoms with van der Waals surface area (Å²) < 4.78 is 5.31. The molecule has 5 heteroatoms. The van der Waals surface area contributed by atoms with Crippen LogP contribution in [0.5, 0.6) is 5.75 Å². The Hall–Kier alpha value is -2.56. The molecule has 4 rings (SSSR count). The van der Waals surface area contributed by atoms with Gasteiger partial charge in [0.15, 0.2) is 0 Å². The Balaban J connectivity index is 1.62. The highest BCUT2D eigenvalue weighted by Gasteiger charge is 2.23. The van der Waals surface area contributed by atoms with Gasteiger partial charge in [-0.05, 0) is 43.2 Å². The van der Waals surface area contributed by atoms with Crippen molar-refractivity contribution < 1.29 is 4.74 Å². The maximum absolute atomic E-state index is 5.31. The Kier molecular flexibility index (Phi) is 3.61. The van der Waals surface area contributed by atoms with Crippen LogP contribution in [0, 0.1) is 0 Å². The zero-order valence-corrected chi connectivity index (χ0v) is 13.2. The average Bonchev–Trinajstić information content (AvgIpc) is 3.15. The van der Waals surface area contributed by atoms with Gasteiger partial charge in [0.05, 0.1) is 12.6 Å². The van der Waals surface area contributed by atoms with Gasteiger partial charge < -0.3 is 9.64 Å². The second-order valence-electron chi connectivity index (χ2n) is 6.03. The van der Waals surface area contributed by atoms with Gasteiger partial charge in [0.25, 0.3) is 0 Å². The number of ether oxygens (including phenoxy) is 1.